The predicted octanol–water partition coefficient (Wildman–Crippen LogP) is 1.64. The molecule has 0 aromatic carbocycles. The van der Waals surface area contributed by atoms with E-state index in [0.29, 0.717) is 0 Å². The van der Waals surface area contributed by atoms with Gasteiger partial charge >= 0.3 is 0 Å². The van der Waals surface area contributed by atoms with Gasteiger partial charge in [-0.1, -0.05) is 13.8 Å². The van der Waals surface area contributed by atoms with Crippen LogP contribution in [0.2, 0.25) is 0 Å². The first-order chi connectivity index (χ1) is 9.54. The first-order valence-corrected chi connectivity index (χ1v) is 7.54. The summed E-state index contributed by atoms with van der Waals surface area (Å²) in [5.41, 5.74) is -0.233. The smallest absolute Gasteiger partial charge is 0.250 e. The Hall–Kier alpha value is -1.07. The number of piperidine rings is 1. The van der Waals surface area contributed by atoms with Crippen molar-refractivity contribution in [1.82, 2.24) is 20.0 Å². The minimum absolute atomic E-state index is 0. The van der Waals surface area contributed by atoms with Gasteiger partial charge in [-0.25, -0.2) is 0 Å². The molecule has 0 bridgehead atoms. The minimum Gasteiger partial charge on any atom is -0.340 e. The maximum atomic E-state index is 13.1. The van der Waals surface area contributed by atoms with Gasteiger partial charge in [0.1, 0.15) is 5.54 Å². The van der Waals surface area contributed by atoms with Crippen LogP contribution >= 0.6 is 12.4 Å². The lowest BCUT2D eigenvalue weighted by Gasteiger charge is -2.39. The van der Waals surface area contributed by atoms with E-state index in [9.17, 15) is 4.79 Å². The van der Waals surface area contributed by atoms with Crippen molar-refractivity contribution in [3.05, 3.63) is 18.5 Å². The Balaban J connectivity index is 0.00000161. The molecular formula is C15H25ClN4O. The van der Waals surface area contributed by atoms with Gasteiger partial charge in [-0.05, 0) is 43.8 Å². The first kappa shape index (κ1) is 16.3. The van der Waals surface area contributed by atoms with E-state index in [0.717, 1.165) is 45.4 Å². The molecule has 0 radical (unpaired) electrons. The molecule has 2 aliphatic rings. The Kier molecular flexibility index (Phi) is 4.63. The van der Waals surface area contributed by atoms with E-state index in [1.54, 1.807) is 6.20 Å². The fraction of sp³-hybridized carbons (Fsp3) is 0.733. The predicted molar refractivity (Wildman–Crippen MR) is 84.5 cm³/mol. The number of likely N-dealkylation sites (tertiary alicyclic amines) is 1. The number of rotatable bonds is 2. The van der Waals surface area contributed by atoms with E-state index in [-0.39, 0.29) is 23.7 Å². The molecule has 6 heteroatoms. The molecule has 2 saturated heterocycles. The van der Waals surface area contributed by atoms with E-state index in [1.807, 2.05) is 21.8 Å². The monoisotopic (exact) mass is 312 g/mol. The highest BCUT2D eigenvalue weighted by molar-refractivity contribution is 5.85. The van der Waals surface area contributed by atoms with Crippen LogP contribution in [0.15, 0.2) is 18.5 Å². The Labute approximate surface area is 132 Å². The van der Waals surface area contributed by atoms with Crippen LogP contribution in [0.1, 0.15) is 33.1 Å². The molecule has 5 nitrogen and oxygen atoms in total. The van der Waals surface area contributed by atoms with Gasteiger partial charge in [0, 0.05) is 25.5 Å². The molecule has 21 heavy (non-hydrogen) atoms. The summed E-state index contributed by atoms with van der Waals surface area (Å²) in [4.78, 5) is 15.2. The third kappa shape index (κ3) is 2.94. The summed E-state index contributed by atoms with van der Waals surface area (Å²) < 4.78 is 1.89. The Morgan fingerprint density at radius 1 is 1.24 bits per heavy atom. The maximum Gasteiger partial charge on any atom is 0.250 e. The van der Waals surface area contributed by atoms with E-state index in [1.165, 1.54) is 0 Å². The normalized spacial score (nSPS) is 23.6. The third-order valence-corrected chi connectivity index (χ3v) is 4.74. The van der Waals surface area contributed by atoms with Gasteiger partial charge in [0.15, 0.2) is 0 Å². The highest BCUT2D eigenvalue weighted by Gasteiger charge is 2.46. The molecule has 1 N–H and O–H groups in total. The number of halogens is 1. The SMILES string of the molecule is CC1(C)CCN(C(=O)C2(n3cccn3)CCNCC2)C1.Cl. The lowest BCUT2D eigenvalue weighted by molar-refractivity contribution is -0.142. The number of carbonyl (C=O) groups excluding carboxylic acids is 1. The lowest BCUT2D eigenvalue weighted by atomic mass is 9.86. The van der Waals surface area contributed by atoms with E-state index >= 15 is 0 Å². The number of aromatic nitrogens is 2. The Bertz CT molecular complexity index is 480. The van der Waals surface area contributed by atoms with Gasteiger partial charge < -0.3 is 10.2 Å². The fourth-order valence-electron chi connectivity index (χ4n) is 3.48. The summed E-state index contributed by atoms with van der Waals surface area (Å²) in [6.45, 7) is 7.98. The highest BCUT2D eigenvalue weighted by Crippen LogP contribution is 2.35. The summed E-state index contributed by atoms with van der Waals surface area (Å²) >= 11 is 0. The first-order valence-electron chi connectivity index (χ1n) is 7.54. The zero-order valence-electron chi connectivity index (χ0n) is 12.8. The molecule has 0 aliphatic carbocycles. The Morgan fingerprint density at radius 2 is 1.95 bits per heavy atom. The van der Waals surface area contributed by atoms with Crippen LogP contribution in [0.5, 0.6) is 0 Å². The van der Waals surface area contributed by atoms with Crippen LogP contribution in [-0.2, 0) is 10.3 Å². The molecule has 1 amide bonds. The quantitative estimate of drug-likeness (QED) is 0.903. The van der Waals surface area contributed by atoms with Crippen LogP contribution in [0, 0.1) is 5.41 Å². The van der Waals surface area contributed by atoms with Crippen molar-refractivity contribution in [2.75, 3.05) is 26.2 Å². The van der Waals surface area contributed by atoms with E-state index < -0.39 is 5.54 Å². The summed E-state index contributed by atoms with van der Waals surface area (Å²) in [7, 11) is 0. The number of hydrogen-bond donors (Lipinski definition) is 1. The molecule has 0 spiro atoms. The molecule has 0 saturated carbocycles. The lowest BCUT2D eigenvalue weighted by Crippen LogP contribution is -2.55. The zero-order valence-corrected chi connectivity index (χ0v) is 13.7. The summed E-state index contributed by atoms with van der Waals surface area (Å²) in [5, 5.41) is 7.73. The number of carbonyl (C=O) groups is 1. The Morgan fingerprint density at radius 3 is 2.48 bits per heavy atom. The summed E-state index contributed by atoms with van der Waals surface area (Å²) in [6, 6.07) is 1.91. The van der Waals surface area contributed by atoms with Gasteiger partial charge in [0.05, 0.1) is 0 Å². The van der Waals surface area contributed by atoms with Crippen molar-refractivity contribution >= 4 is 18.3 Å². The van der Waals surface area contributed by atoms with E-state index in [4.69, 9.17) is 0 Å². The second-order valence-corrected chi connectivity index (χ2v) is 6.87. The molecule has 3 heterocycles. The van der Waals surface area contributed by atoms with Crippen molar-refractivity contribution in [1.29, 1.82) is 0 Å². The largest absolute Gasteiger partial charge is 0.340 e. The van der Waals surface area contributed by atoms with E-state index in [2.05, 4.69) is 24.3 Å². The van der Waals surface area contributed by atoms with Gasteiger partial charge in [-0.15, -0.1) is 12.4 Å². The zero-order chi connectivity index (χ0) is 14.2. The van der Waals surface area contributed by atoms with Crippen molar-refractivity contribution in [2.45, 2.75) is 38.6 Å². The average molecular weight is 313 g/mol. The molecule has 2 aliphatic heterocycles. The second kappa shape index (κ2) is 5.97. The summed E-state index contributed by atoms with van der Waals surface area (Å²) in [6.07, 6.45) is 6.44. The molecule has 1 aromatic rings. The number of hydrogen-bond acceptors (Lipinski definition) is 3. The number of nitrogens with one attached hydrogen (secondary N) is 1. The second-order valence-electron chi connectivity index (χ2n) is 6.87. The molecule has 118 valence electrons. The van der Waals surface area contributed by atoms with Crippen molar-refractivity contribution < 1.29 is 4.79 Å². The highest BCUT2D eigenvalue weighted by atomic mass is 35.5. The molecule has 0 atom stereocenters. The standard InChI is InChI=1S/C15H24N4O.ClH/c1-14(2)6-11-18(12-14)13(20)15(4-8-16-9-5-15)19-10-3-7-17-19;/h3,7,10,16H,4-6,8-9,11-12H2,1-2H3;1H. The van der Waals surface area contributed by atoms with Crippen LogP contribution in [0.25, 0.3) is 0 Å². The van der Waals surface area contributed by atoms with Crippen LogP contribution < -0.4 is 5.32 Å². The molecule has 2 fully saturated rings. The third-order valence-electron chi connectivity index (χ3n) is 4.74. The molecule has 1 aromatic heterocycles. The van der Waals surface area contributed by atoms with Gasteiger partial charge in [-0.3, -0.25) is 9.48 Å². The number of amides is 1. The summed E-state index contributed by atoms with van der Waals surface area (Å²) in [5.74, 6) is 0.258. The topological polar surface area (TPSA) is 50.2 Å². The minimum atomic E-state index is -0.477. The van der Waals surface area contributed by atoms with Crippen LogP contribution in [-0.4, -0.2) is 46.8 Å². The fourth-order valence-corrected chi connectivity index (χ4v) is 3.48. The van der Waals surface area contributed by atoms with Crippen molar-refractivity contribution in [3.8, 4) is 0 Å². The van der Waals surface area contributed by atoms with Crippen molar-refractivity contribution in [2.24, 2.45) is 5.41 Å². The van der Waals surface area contributed by atoms with Gasteiger partial charge in [0.25, 0.3) is 5.91 Å². The molecule has 3 rings (SSSR count). The van der Waals surface area contributed by atoms with Gasteiger partial charge in [-0.2, -0.15) is 5.10 Å². The molecule has 0 unspecified atom stereocenters. The van der Waals surface area contributed by atoms with Crippen LogP contribution in [0.3, 0.4) is 0 Å². The average Bonchev–Trinajstić information content (AvgIpc) is 3.08. The van der Waals surface area contributed by atoms with Crippen LogP contribution in [0.4, 0.5) is 0 Å². The number of nitrogens with zero attached hydrogens (tertiary/aromatic N) is 3. The molecular weight excluding hydrogens is 288 g/mol. The maximum absolute atomic E-state index is 13.1. The van der Waals surface area contributed by atoms with Gasteiger partial charge in [0.2, 0.25) is 0 Å². The van der Waals surface area contributed by atoms with Crippen molar-refractivity contribution in [3.63, 3.8) is 0 Å².